The minimum atomic E-state index is -3.93. The first kappa shape index (κ1) is 25.1. The number of hydrogen-bond donors (Lipinski definition) is 2. The lowest BCUT2D eigenvalue weighted by atomic mass is 10.1. The van der Waals surface area contributed by atoms with Crippen LogP contribution >= 0.6 is 0 Å². The number of sulfonamides is 1. The van der Waals surface area contributed by atoms with Gasteiger partial charge in [0.2, 0.25) is 0 Å². The van der Waals surface area contributed by atoms with Crippen LogP contribution in [-0.2, 0) is 10.0 Å². The number of para-hydroxylation sites is 1. The predicted octanol–water partition coefficient (Wildman–Crippen LogP) is 6.00. The quantitative estimate of drug-likeness (QED) is 0.309. The molecule has 186 valence electrons. The number of methoxy groups -OCH3 is 1. The number of nitrogens with one attached hydrogen (secondary N) is 2. The number of aryl methyl sites for hydroxylation is 4. The molecule has 0 saturated heterocycles. The van der Waals surface area contributed by atoms with E-state index >= 15 is 0 Å². The van der Waals surface area contributed by atoms with Gasteiger partial charge in [-0.2, -0.15) is 5.10 Å². The molecule has 0 atom stereocenters. The zero-order valence-corrected chi connectivity index (χ0v) is 21.9. The van der Waals surface area contributed by atoms with E-state index in [1.165, 1.54) is 7.11 Å². The van der Waals surface area contributed by atoms with Crippen molar-refractivity contribution in [2.24, 2.45) is 0 Å². The van der Waals surface area contributed by atoms with Crippen molar-refractivity contribution in [1.82, 2.24) is 9.78 Å². The first-order valence-electron chi connectivity index (χ1n) is 11.5. The first-order valence-corrected chi connectivity index (χ1v) is 12.9. The summed E-state index contributed by atoms with van der Waals surface area (Å²) in [7, 11) is -2.48. The maximum absolute atomic E-state index is 13.4. The second kappa shape index (κ2) is 9.91. The molecule has 7 nitrogen and oxygen atoms in total. The standard InChI is InChI=1S/C28H30N4O3S/c1-18-9-7-10-19(2)28(18)31-36(33,34)27-17-24(13-14-26(27)35-6)29-22(5)23-11-8-12-25(16-23)32-21(4)15-20(3)30-32/h7-17,29,31H,5H2,1-4,6H3. The van der Waals surface area contributed by atoms with Crippen molar-refractivity contribution in [1.29, 1.82) is 0 Å². The topological polar surface area (TPSA) is 85.2 Å². The fourth-order valence-corrected chi connectivity index (χ4v) is 5.49. The van der Waals surface area contributed by atoms with Crippen LogP contribution < -0.4 is 14.8 Å². The van der Waals surface area contributed by atoms with Gasteiger partial charge in [0.1, 0.15) is 10.6 Å². The maximum atomic E-state index is 13.4. The van der Waals surface area contributed by atoms with Crippen LogP contribution in [0.25, 0.3) is 11.4 Å². The number of rotatable bonds is 8. The van der Waals surface area contributed by atoms with Crippen LogP contribution in [0.15, 0.2) is 78.2 Å². The lowest BCUT2D eigenvalue weighted by Gasteiger charge is -2.17. The number of benzene rings is 3. The van der Waals surface area contributed by atoms with Crippen molar-refractivity contribution >= 4 is 27.1 Å². The Kier molecular flexibility index (Phi) is 6.90. The van der Waals surface area contributed by atoms with E-state index in [0.717, 1.165) is 33.8 Å². The second-order valence-electron chi connectivity index (χ2n) is 8.73. The number of ether oxygens (including phenoxy) is 1. The van der Waals surface area contributed by atoms with E-state index in [2.05, 4.69) is 21.7 Å². The zero-order chi connectivity index (χ0) is 26.0. The molecule has 0 fully saturated rings. The van der Waals surface area contributed by atoms with Crippen LogP contribution in [0.1, 0.15) is 28.1 Å². The van der Waals surface area contributed by atoms with Gasteiger partial charge in [0.05, 0.1) is 24.2 Å². The summed E-state index contributed by atoms with van der Waals surface area (Å²) < 4.78 is 36.7. The third-order valence-electron chi connectivity index (χ3n) is 5.91. The zero-order valence-electron chi connectivity index (χ0n) is 21.1. The molecule has 4 rings (SSSR count). The number of hydrogen-bond acceptors (Lipinski definition) is 5. The number of nitrogens with zero attached hydrogens (tertiary/aromatic N) is 2. The van der Waals surface area contributed by atoms with E-state index in [1.54, 1.807) is 18.2 Å². The molecule has 0 unspecified atom stereocenters. The highest BCUT2D eigenvalue weighted by Gasteiger charge is 2.22. The lowest BCUT2D eigenvalue weighted by molar-refractivity contribution is 0.403. The fraction of sp³-hybridized carbons (Fsp3) is 0.179. The van der Waals surface area contributed by atoms with Crippen molar-refractivity contribution in [2.45, 2.75) is 32.6 Å². The van der Waals surface area contributed by atoms with Crippen LogP contribution in [0.4, 0.5) is 11.4 Å². The van der Waals surface area contributed by atoms with E-state index < -0.39 is 10.0 Å². The molecule has 0 saturated carbocycles. The molecule has 3 aromatic carbocycles. The molecule has 0 bridgehead atoms. The molecule has 4 aromatic rings. The summed E-state index contributed by atoms with van der Waals surface area (Å²) in [4.78, 5) is 0.0295. The Morgan fingerprint density at radius 3 is 2.28 bits per heavy atom. The molecular weight excluding hydrogens is 472 g/mol. The average molecular weight is 503 g/mol. The highest BCUT2D eigenvalue weighted by molar-refractivity contribution is 7.92. The average Bonchev–Trinajstić information content (AvgIpc) is 3.19. The molecule has 1 aromatic heterocycles. The summed E-state index contributed by atoms with van der Waals surface area (Å²) in [5.74, 6) is 0.247. The largest absolute Gasteiger partial charge is 0.495 e. The van der Waals surface area contributed by atoms with E-state index in [0.29, 0.717) is 17.1 Å². The smallest absolute Gasteiger partial charge is 0.265 e. The third kappa shape index (κ3) is 5.13. The lowest BCUT2D eigenvalue weighted by Crippen LogP contribution is -2.16. The van der Waals surface area contributed by atoms with Gasteiger partial charge in [0.15, 0.2) is 0 Å². The van der Waals surface area contributed by atoms with Gasteiger partial charge in [-0.1, -0.05) is 36.9 Å². The molecule has 0 aliphatic heterocycles. The molecule has 8 heteroatoms. The SMILES string of the molecule is C=C(Nc1ccc(OC)c(S(=O)(=O)Nc2c(C)cccc2C)c1)c1cccc(-n2nc(C)cc2C)c1. The van der Waals surface area contributed by atoms with Crippen molar-refractivity contribution in [3.8, 4) is 11.4 Å². The highest BCUT2D eigenvalue weighted by atomic mass is 32.2. The summed E-state index contributed by atoms with van der Waals surface area (Å²) in [5, 5.41) is 7.78. The summed E-state index contributed by atoms with van der Waals surface area (Å²) in [5.41, 5.74) is 7.16. The van der Waals surface area contributed by atoms with Crippen LogP contribution in [0, 0.1) is 27.7 Å². The van der Waals surface area contributed by atoms with Crippen LogP contribution in [0.2, 0.25) is 0 Å². The van der Waals surface area contributed by atoms with Gasteiger partial charge >= 0.3 is 0 Å². The summed E-state index contributed by atoms with van der Waals surface area (Å²) in [6.07, 6.45) is 0. The maximum Gasteiger partial charge on any atom is 0.265 e. The van der Waals surface area contributed by atoms with Crippen LogP contribution in [-0.4, -0.2) is 25.3 Å². The number of aromatic nitrogens is 2. The highest BCUT2D eigenvalue weighted by Crippen LogP contribution is 2.32. The van der Waals surface area contributed by atoms with Gasteiger partial charge in [-0.3, -0.25) is 4.72 Å². The van der Waals surface area contributed by atoms with E-state index in [-0.39, 0.29) is 10.6 Å². The van der Waals surface area contributed by atoms with Gasteiger partial charge in [-0.25, -0.2) is 13.1 Å². The molecule has 1 heterocycles. The molecular formula is C28H30N4O3S. The van der Waals surface area contributed by atoms with Gasteiger partial charge < -0.3 is 10.1 Å². The van der Waals surface area contributed by atoms with Crippen LogP contribution in [0.5, 0.6) is 5.75 Å². The Morgan fingerprint density at radius 1 is 0.944 bits per heavy atom. The van der Waals surface area contributed by atoms with Gasteiger partial charge in [0, 0.05) is 17.1 Å². The first-order chi connectivity index (χ1) is 17.1. The molecule has 2 N–H and O–H groups in total. The van der Waals surface area contributed by atoms with Gasteiger partial charge in [-0.05, 0) is 80.8 Å². The summed E-state index contributed by atoms with van der Waals surface area (Å²) >= 11 is 0. The Hall–Kier alpha value is -4.04. The Morgan fingerprint density at radius 2 is 1.64 bits per heavy atom. The van der Waals surface area contributed by atoms with E-state index in [9.17, 15) is 8.42 Å². The van der Waals surface area contributed by atoms with Crippen LogP contribution in [0.3, 0.4) is 0 Å². The van der Waals surface area contributed by atoms with E-state index in [4.69, 9.17) is 4.74 Å². The minimum Gasteiger partial charge on any atom is -0.495 e. The summed E-state index contributed by atoms with van der Waals surface area (Å²) in [6.45, 7) is 11.9. The summed E-state index contributed by atoms with van der Waals surface area (Å²) in [6, 6.07) is 20.4. The molecule has 0 spiro atoms. The molecule has 0 radical (unpaired) electrons. The third-order valence-corrected chi connectivity index (χ3v) is 7.29. The predicted molar refractivity (Wildman–Crippen MR) is 145 cm³/mol. The second-order valence-corrected chi connectivity index (χ2v) is 10.4. The Balaban J connectivity index is 1.63. The van der Waals surface area contributed by atoms with Crippen molar-refractivity contribution in [3.63, 3.8) is 0 Å². The van der Waals surface area contributed by atoms with Crippen molar-refractivity contribution in [3.05, 3.63) is 101 Å². The minimum absolute atomic E-state index is 0.0295. The molecule has 0 amide bonds. The van der Waals surface area contributed by atoms with Gasteiger partial charge in [0.25, 0.3) is 10.0 Å². The van der Waals surface area contributed by atoms with Gasteiger partial charge in [-0.15, -0.1) is 0 Å². The molecule has 0 aliphatic carbocycles. The Labute approximate surface area is 212 Å². The Bertz CT molecular complexity index is 1530. The monoisotopic (exact) mass is 502 g/mol. The number of anilines is 2. The fourth-order valence-electron chi connectivity index (χ4n) is 4.09. The molecule has 0 aliphatic rings. The van der Waals surface area contributed by atoms with E-state index in [1.807, 2.05) is 80.9 Å². The normalized spacial score (nSPS) is 11.2. The van der Waals surface area contributed by atoms with Crippen molar-refractivity contribution < 1.29 is 13.2 Å². The molecule has 36 heavy (non-hydrogen) atoms. The van der Waals surface area contributed by atoms with Crippen molar-refractivity contribution in [2.75, 3.05) is 17.1 Å².